The van der Waals surface area contributed by atoms with Crippen LogP contribution in [0.25, 0.3) is 11.2 Å². The lowest BCUT2D eigenvalue weighted by Crippen LogP contribution is -2.42. The van der Waals surface area contributed by atoms with Crippen LogP contribution >= 0.6 is 7.87 Å². The number of rotatable bonds is 16. The van der Waals surface area contributed by atoms with E-state index < -0.39 is 31.9 Å². The number of nitrogens with two attached hydrogens (primary N) is 1. The first-order chi connectivity index (χ1) is 26.0. The van der Waals surface area contributed by atoms with Crippen molar-refractivity contribution in [3.63, 3.8) is 0 Å². The van der Waals surface area contributed by atoms with E-state index in [9.17, 15) is 10.2 Å². The molecular formula is C40H49N7O6P+. The highest BCUT2D eigenvalue weighted by atomic mass is 31.2. The fraction of sp³-hybridized carbons (Fsp3) is 0.400. The molecule has 1 aliphatic rings. The van der Waals surface area contributed by atoms with Crippen LogP contribution in [0.1, 0.15) is 63.5 Å². The monoisotopic (exact) mass is 754 g/mol. The number of fused-ring (bicyclic) bond motifs is 1. The van der Waals surface area contributed by atoms with Gasteiger partial charge in [0.05, 0.1) is 39.6 Å². The van der Waals surface area contributed by atoms with Gasteiger partial charge in [-0.05, 0) is 68.7 Å². The molecule has 14 heteroatoms. The van der Waals surface area contributed by atoms with Crippen LogP contribution in [0.3, 0.4) is 0 Å². The number of nitrogens with zero attached hydrogens (tertiary/aromatic N) is 6. The van der Waals surface area contributed by atoms with Crippen molar-refractivity contribution in [3.8, 4) is 17.6 Å². The first-order valence-electron chi connectivity index (χ1n) is 18.1. The Morgan fingerprint density at radius 1 is 0.926 bits per heavy atom. The van der Waals surface area contributed by atoms with Crippen LogP contribution in [-0.2, 0) is 19.6 Å². The molecule has 3 aromatic carbocycles. The van der Waals surface area contributed by atoms with Gasteiger partial charge in [-0.2, -0.15) is 9.79 Å². The molecule has 4 atom stereocenters. The number of hydrogen-bond donors (Lipinski definition) is 2. The topological polar surface area (TPSA) is 163 Å². The molecule has 3 heterocycles. The number of nitriles is 1. The Kier molecular flexibility index (Phi) is 12.1. The SMILES string of the molecule is COc1ccc(C(OC[C@H]2O[C@@H](n3cnc4c(N)ncnc43)C[C@@H]2O[P+](O)(CCC#N)N(C(C)C)C(C)C)(c2ccccc2)c2ccc(OC)cc2)cc1. The number of methoxy groups -OCH3 is 2. The third-order valence-corrected chi connectivity index (χ3v) is 12.8. The highest BCUT2D eigenvalue weighted by molar-refractivity contribution is 7.63. The molecule has 0 radical (unpaired) electrons. The second-order valence-corrected chi connectivity index (χ2v) is 16.2. The van der Waals surface area contributed by atoms with Crippen molar-refractivity contribution in [2.45, 2.75) is 76.7 Å². The predicted molar refractivity (Wildman–Crippen MR) is 208 cm³/mol. The third-order valence-electron chi connectivity index (χ3n) is 9.75. The molecule has 5 aromatic rings. The molecule has 1 aliphatic heterocycles. The molecule has 1 unspecified atom stereocenters. The van der Waals surface area contributed by atoms with E-state index in [0.717, 1.165) is 16.7 Å². The van der Waals surface area contributed by atoms with Gasteiger partial charge < -0.3 is 24.7 Å². The second kappa shape index (κ2) is 16.8. The van der Waals surface area contributed by atoms with Crippen LogP contribution in [0, 0.1) is 11.3 Å². The number of benzene rings is 3. The van der Waals surface area contributed by atoms with E-state index >= 15 is 0 Å². The standard InChI is InChI=1S/C40H49N7O6P/c1-27(2)47(28(3)4)54(48,22-10-21-41)53-34-23-36(46-26-45-37-38(42)43-25-44-39(37)46)52-35(34)24-51-40(29-11-8-7-9-12-29,30-13-17-32(49-5)18-14-30)31-15-19-33(50-6)20-16-31/h7-9,11-20,25-28,34-36,48H,10,22-24H2,1-6H3,(H2,42,43,44)/q+1/t34-,35+,36+,54?/m0/s1. The highest BCUT2D eigenvalue weighted by Gasteiger charge is 2.54. The first-order valence-corrected chi connectivity index (χ1v) is 19.9. The first kappa shape index (κ1) is 39.0. The summed E-state index contributed by atoms with van der Waals surface area (Å²) < 4.78 is 35.9. The molecule has 0 spiro atoms. The van der Waals surface area contributed by atoms with Crippen LogP contribution < -0.4 is 15.2 Å². The average Bonchev–Trinajstić information content (AvgIpc) is 3.79. The lowest BCUT2D eigenvalue weighted by molar-refractivity contribution is -0.0915. The van der Waals surface area contributed by atoms with Gasteiger partial charge in [0.15, 0.2) is 11.5 Å². The summed E-state index contributed by atoms with van der Waals surface area (Å²) in [5.41, 5.74) is 8.63. The van der Waals surface area contributed by atoms with Crippen molar-refractivity contribution in [1.82, 2.24) is 24.2 Å². The summed E-state index contributed by atoms with van der Waals surface area (Å²) in [5.74, 6) is 1.68. The zero-order valence-corrected chi connectivity index (χ0v) is 32.5. The number of hydrogen-bond acceptors (Lipinski definition) is 12. The van der Waals surface area contributed by atoms with E-state index in [1.165, 1.54) is 6.33 Å². The van der Waals surface area contributed by atoms with E-state index in [1.807, 2.05) is 116 Å². The lowest BCUT2D eigenvalue weighted by atomic mass is 9.80. The molecule has 13 nitrogen and oxygen atoms in total. The van der Waals surface area contributed by atoms with Crippen LogP contribution in [-0.4, -0.2) is 80.4 Å². The van der Waals surface area contributed by atoms with Gasteiger partial charge >= 0.3 is 7.87 Å². The van der Waals surface area contributed by atoms with E-state index in [1.54, 1.807) is 20.5 Å². The van der Waals surface area contributed by atoms with E-state index in [2.05, 4.69) is 21.0 Å². The summed E-state index contributed by atoms with van der Waals surface area (Å²) in [6.45, 7) is 8.15. The molecule has 54 heavy (non-hydrogen) atoms. The Bertz CT molecular complexity index is 1970. The Hall–Kier alpha value is -4.67. The third kappa shape index (κ3) is 7.77. The molecule has 3 N–H and O–H groups in total. The summed E-state index contributed by atoms with van der Waals surface area (Å²) in [5, 5.41) is 9.65. The van der Waals surface area contributed by atoms with Crippen molar-refractivity contribution in [2.24, 2.45) is 0 Å². The lowest BCUT2D eigenvalue weighted by Gasteiger charge is -2.38. The van der Waals surface area contributed by atoms with Gasteiger partial charge in [-0.15, -0.1) is 4.67 Å². The van der Waals surface area contributed by atoms with Gasteiger partial charge in [-0.25, -0.2) is 19.8 Å². The Balaban J connectivity index is 1.45. The zero-order valence-electron chi connectivity index (χ0n) is 31.6. The van der Waals surface area contributed by atoms with Gasteiger partial charge in [0.25, 0.3) is 0 Å². The Labute approximate surface area is 317 Å². The number of nitrogen functional groups attached to an aromatic ring is 1. The van der Waals surface area contributed by atoms with Crippen LogP contribution in [0.4, 0.5) is 5.82 Å². The van der Waals surface area contributed by atoms with E-state index in [-0.39, 0.29) is 37.1 Å². The summed E-state index contributed by atoms with van der Waals surface area (Å²) in [7, 11) is -0.0612. The number of aromatic nitrogens is 4. The molecule has 0 saturated carbocycles. The molecule has 1 fully saturated rings. The molecule has 284 valence electrons. The largest absolute Gasteiger partial charge is 0.497 e. The average molecular weight is 755 g/mol. The predicted octanol–water partition coefficient (Wildman–Crippen LogP) is 6.89. The summed E-state index contributed by atoms with van der Waals surface area (Å²) in [6.07, 6.45) is 1.76. The van der Waals surface area contributed by atoms with Gasteiger partial charge in [0.2, 0.25) is 0 Å². The van der Waals surface area contributed by atoms with Crippen molar-refractivity contribution in [2.75, 3.05) is 32.7 Å². The fourth-order valence-electron chi connectivity index (χ4n) is 7.45. The summed E-state index contributed by atoms with van der Waals surface area (Å²) in [4.78, 5) is 25.6. The summed E-state index contributed by atoms with van der Waals surface area (Å²) >= 11 is 0. The maximum atomic E-state index is 12.5. The normalized spacial score (nSPS) is 18.6. The molecule has 1 saturated heterocycles. The molecule has 0 amide bonds. The molecule has 6 rings (SSSR count). The smallest absolute Gasteiger partial charge is 0.347 e. The van der Waals surface area contributed by atoms with Crippen LogP contribution in [0.2, 0.25) is 0 Å². The minimum atomic E-state index is -3.33. The van der Waals surface area contributed by atoms with Crippen LogP contribution in [0.5, 0.6) is 11.5 Å². The Morgan fingerprint density at radius 3 is 2.07 bits per heavy atom. The van der Waals surface area contributed by atoms with E-state index in [4.69, 9.17) is 29.2 Å². The van der Waals surface area contributed by atoms with Crippen molar-refractivity contribution in [1.29, 1.82) is 5.26 Å². The minimum Gasteiger partial charge on any atom is -0.497 e. The number of anilines is 1. The maximum Gasteiger partial charge on any atom is 0.347 e. The molecule has 0 aliphatic carbocycles. The number of ether oxygens (including phenoxy) is 4. The molecule has 0 bridgehead atoms. The quantitative estimate of drug-likeness (QED) is 0.0793. The maximum absolute atomic E-state index is 12.5. The summed E-state index contributed by atoms with van der Waals surface area (Å²) in [6, 6.07) is 27.8. The molecular weight excluding hydrogens is 705 g/mol. The molecule has 2 aromatic heterocycles. The highest BCUT2D eigenvalue weighted by Crippen LogP contribution is 2.63. The van der Waals surface area contributed by atoms with Gasteiger partial charge in [-0.1, -0.05) is 54.6 Å². The van der Waals surface area contributed by atoms with Gasteiger partial charge in [-0.3, -0.25) is 4.57 Å². The Morgan fingerprint density at radius 2 is 1.52 bits per heavy atom. The van der Waals surface area contributed by atoms with Crippen molar-refractivity contribution < 1.29 is 28.4 Å². The van der Waals surface area contributed by atoms with Crippen LogP contribution in [0.15, 0.2) is 91.5 Å². The van der Waals surface area contributed by atoms with Gasteiger partial charge in [0.1, 0.15) is 53.5 Å². The second-order valence-electron chi connectivity index (χ2n) is 13.8. The van der Waals surface area contributed by atoms with E-state index in [0.29, 0.717) is 29.1 Å². The van der Waals surface area contributed by atoms with Gasteiger partial charge in [0, 0.05) is 18.5 Å². The number of imidazole rings is 1. The fourth-order valence-corrected chi connectivity index (χ4v) is 10.4. The van der Waals surface area contributed by atoms with Crippen molar-refractivity contribution in [3.05, 3.63) is 108 Å². The minimum absolute atomic E-state index is 0.0528. The zero-order chi connectivity index (χ0) is 38.5. The van der Waals surface area contributed by atoms with Crippen molar-refractivity contribution >= 4 is 24.8 Å².